The van der Waals surface area contributed by atoms with Gasteiger partial charge in [0.25, 0.3) is 10.0 Å². The number of aromatic amines is 1. The average Bonchev–Trinajstić information content (AvgIpc) is 3.16. The van der Waals surface area contributed by atoms with Crippen LogP contribution in [-0.4, -0.2) is 18.6 Å². The molecule has 0 saturated carbocycles. The van der Waals surface area contributed by atoms with Crippen molar-refractivity contribution in [3.8, 4) is 10.6 Å². The summed E-state index contributed by atoms with van der Waals surface area (Å²) in [7, 11) is -3.61. The Morgan fingerprint density at radius 2 is 1.76 bits per heavy atom. The molecule has 0 atom stereocenters. The molecule has 0 fully saturated rings. The molecule has 2 N–H and O–H groups in total. The van der Waals surface area contributed by atoms with Crippen molar-refractivity contribution in [2.75, 3.05) is 4.72 Å². The van der Waals surface area contributed by atoms with Gasteiger partial charge in [0.1, 0.15) is 9.90 Å². The summed E-state index contributed by atoms with van der Waals surface area (Å²) >= 11 is 1.21. The number of sulfonamides is 1. The summed E-state index contributed by atoms with van der Waals surface area (Å²) in [6.07, 6.45) is 0. The lowest BCUT2D eigenvalue weighted by atomic mass is 10.0. The zero-order valence-corrected chi connectivity index (χ0v) is 16.3. The predicted octanol–water partition coefficient (Wildman–Crippen LogP) is 4.68. The molecule has 7 heteroatoms. The lowest BCUT2D eigenvalue weighted by Crippen LogP contribution is -2.11. The Balaban J connectivity index is 1.84. The van der Waals surface area contributed by atoms with E-state index in [4.69, 9.17) is 0 Å². The van der Waals surface area contributed by atoms with Crippen LogP contribution in [-0.2, 0) is 10.0 Å². The Labute approximate surface area is 152 Å². The minimum absolute atomic E-state index is 0.274. The fourth-order valence-corrected chi connectivity index (χ4v) is 4.87. The molecule has 132 valence electrons. The van der Waals surface area contributed by atoms with Crippen molar-refractivity contribution in [3.63, 3.8) is 0 Å². The number of rotatable bonds is 5. The Bertz CT molecular complexity index is 984. The number of nitrogens with zero attached hydrogens (tertiary/aromatic N) is 1. The molecule has 0 aliphatic heterocycles. The van der Waals surface area contributed by atoms with Gasteiger partial charge < -0.3 is 0 Å². The van der Waals surface area contributed by atoms with Crippen molar-refractivity contribution in [3.05, 3.63) is 53.2 Å². The monoisotopic (exact) mass is 375 g/mol. The second-order valence-corrected chi connectivity index (χ2v) is 9.32. The normalized spacial score (nSPS) is 11.9. The number of hydrogen-bond donors (Lipinski definition) is 2. The second-order valence-electron chi connectivity index (χ2n) is 6.32. The molecule has 3 rings (SSSR count). The molecular formula is C18H21N3O2S2. The van der Waals surface area contributed by atoms with Crippen molar-refractivity contribution in [2.45, 2.75) is 37.8 Å². The number of nitrogens with one attached hydrogen (secondary N) is 2. The highest BCUT2D eigenvalue weighted by Crippen LogP contribution is 2.33. The van der Waals surface area contributed by atoms with Crippen LogP contribution in [0.4, 0.5) is 5.69 Å². The topological polar surface area (TPSA) is 74.8 Å². The molecule has 3 aromatic rings. The third-order valence-corrected chi connectivity index (χ3v) is 7.13. The van der Waals surface area contributed by atoms with E-state index in [1.165, 1.54) is 16.9 Å². The van der Waals surface area contributed by atoms with Gasteiger partial charge in [0.15, 0.2) is 0 Å². The molecule has 2 aromatic heterocycles. The van der Waals surface area contributed by atoms with Crippen molar-refractivity contribution in [1.29, 1.82) is 0 Å². The Hall–Kier alpha value is -2.12. The number of benzene rings is 1. The van der Waals surface area contributed by atoms with E-state index >= 15 is 0 Å². The van der Waals surface area contributed by atoms with Crippen molar-refractivity contribution in [1.82, 2.24) is 10.2 Å². The first-order valence-corrected chi connectivity index (χ1v) is 10.3. The van der Waals surface area contributed by atoms with E-state index in [1.54, 1.807) is 24.3 Å². The predicted molar refractivity (Wildman–Crippen MR) is 103 cm³/mol. The van der Waals surface area contributed by atoms with E-state index in [1.807, 2.05) is 26.0 Å². The zero-order chi connectivity index (χ0) is 18.2. The molecule has 0 bridgehead atoms. The zero-order valence-electron chi connectivity index (χ0n) is 14.6. The van der Waals surface area contributed by atoms with Crippen LogP contribution in [0.15, 0.2) is 40.6 Å². The number of H-pyrrole nitrogens is 1. The number of aromatic nitrogens is 2. The lowest BCUT2D eigenvalue weighted by Gasteiger charge is -2.09. The molecule has 0 radical (unpaired) electrons. The second kappa shape index (κ2) is 6.65. The van der Waals surface area contributed by atoms with Gasteiger partial charge in [0, 0.05) is 11.4 Å². The van der Waals surface area contributed by atoms with Crippen LogP contribution >= 0.6 is 11.3 Å². The minimum atomic E-state index is -3.61. The van der Waals surface area contributed by atoms with E-state index in [-0.39, 0.29) is 4.21 Å². The van der Waals surface area contributed by atoms with Crippen molar-refractivity contribution < 1.29 is 8.42 Å². The maximum absolute atomic E-state index is 12.6. The summed E-state index contributed by atoms with van der Waals surface area (Å²) < 4.78 is 28.2. The Morgan fingerprint density at radius 1 is 1.08 bits per heavy atom. The first kappa shape index (κ1) is 17.7. The van der Waals surface area contributed by atoms with Crippen LogP contribution < -0.4 is 4.72 Å². The summed E-state index contributed by atoms with van der Waals surface area (Å²) in [4.78, 5) is 0.831. The van der Waals surface area contributed by atoms with Gasteiger partial charge >= 0.3 is 0 Å². The van der Waals surface area contributed by atoms with Gasteiger partial charge in [0.05, 0.1) is 4.88 Å². The highest BCUT2D eigenvalue weighted by atomic mass is 32.2. The van der Waals surface area contributed by atoms with E-state index in [0.717, 1.165) is 21.8 Å². The van der Waals surface area contributed by atoms with Crippen molar-refractivity contribution in [2.24, 2.45) is 0 Å². The van der Waals surface area contributed by atoms with Gasteiger partial charge in [-0.3, -0.25) is 9.82 Å². The van der Waals surface area contributed by atoms with Gasteiger partial charge in [-0.1, -0.05) is 26.0 Å². The molecule has 2 heterocycles. The molecule has 0 spiro atoms. The maximum Gasteiger partial charge on any atom is 0.271 e. The number of anilines is 1. The molecule has 0 unspecified atom stereocenters. The van der Waals surface area contributed by atoms with E-state index in [2.05, 4.69) is 28.8 Å². The summed E-state index contributed by atoms with van der Waals surface area (Å²) in [6, 6.07) is 10.9. The van der Waals surface area contributed by atoms with Gasteiger partial charge in [-0.15, -0.1) is 11.3 Å². The average molecular weight is 376 g/mol. The quantitative estimate of drug-likeness (QED) is 0.680. The minimum Gasteiger partial charge on any atom is -0.282 e. The van der Waals surface area contributed by atoms with E-state index in [9.17, 15) is 8.42 Å². The molecule has 1 aromatic carbocycles. The number of hydrogen-bond acceptors (Lipinski definition) is 4. The van der Waals surface area contributed by atoms with E-state index in [0.29, 0.717) is 11.6 Å². The Kier molecular flexibility index (Phi) is 4.71. The fraction of sp³-hybridized carbons (Fsp3) is 0.278. The number of aryl methyl sites for hydroxylation is 1. The third-order valence-electron chi connectivity index (χ3n) is 4.16. The smallest absolute Gasteiger partial charge is 0.271 e. The van der Waals surface area contributed by atoms with Gasteiger partial charge in [-0.2, -0.15) is 5.10 Å². The summed E-state index contributed by atoms with van der Waals surface area (Å²) in [5, 5.41) is 7.19. The first-order valence-electron chi connectivity index (χ1n) is 8.02. The first-order chi connectivity index (χ1) is 11.8. The van der Waals surface area contributed by atoms with Gasteiger partial charge in [0.2, 0.25) is 0 Å². The van der Waals surface area contributed by atoms with Crippen LogP contribution in [0.25, 0.3) is 10.6 Å². The number of thiophene rings is 1. The van der Waals surface area contributed by atoms with Crippen LogP contribution in [0.3, 0.4) is 0 Å². The van der Waals surface area contributed by atoms with Crippen LogP contribution in [0.5, 0.6) is 0 Å². The van der Waals surface area contributed by atoms with Gasteiger partial charge in [-0.25, -0.2) is 8.42 Å². The largest absolute Gasteiger partial charge is 0.282 e. The molecule has 5 nitrogen and oxygen atoms in total. The summed E-state index contributed by atoms with van der Waals surface area (Å²) in [6.45, 7) is 8.12. The van der Waals surface area contributed by atoms with Crippen molar-refractivity contribution >= 4 is 27.0 Å². The van der Waals surface area contributed by atoms with E-state index < -0.39 is 10.0 Å². The highest BCUT2D eigenvalue weighted by Gasteiger charge is 2.19. The summed E-state index contributed by atoms with van der Waals surface area (Å²) in [5.74, 6) is 0.408. The molecule has 0 amide bonds. The van der Waals surface area contributed by atoms with Crippen LogP contribution in [0.1, 0.15) is 36.6 Å². The van der Waals surface area contributed by atoms with Crippen LogP contribution in [0.2, 0.25) is 0 Å². The molecular weight excluding hydrogens is 354 g/mol. The SMILES string of the molecule is Cc1[nH]nc(-c2ccc(S(=O)(=O)Nc3ccc(C(C)C)cc3)s2)c1C. The fourth-order valence-electron chi connectivity index (χ4n) is 2.46. The lowest BCUT2D eigenvalue weighted by molar-refractivity contribution is 0.603. The summed E-state index contributed by atoms with van der Waals surface area (Å²) in [5.41, 5.74) is 4.54. The standard InChI is InChI=1S/C18H21N3O2S2/c1-11(2)14-5-7-15(8-6-14)21-25(22,23)17-10-9-16(24-17)18-12(3)13(4)19-20-18/h5-11,21H,1-4H3,(H,19,20). The van der Waals surface area contributed by atoms with Crippen LogP contribution in [0, 0.1) is 13.8 Å². The Morgan fingerprint density at radius 3 is 2.32 bits per heavy atom. The molecule has 0 saturated heterocycles. The van der Waals surface area contributed by atoms with Gasteiger partial charge in [-0.05, 0) is 55.2 Å². The molecule has 25 heavy (non-hydrogen) atoms. The molecule has 0 aliphatic rings. The maximum atomic E-state index is 12.6. The molecule has 0 aliphatic carbocycles. The third kappa shape index (κ3) is 3.62. The highest BCUT2D eigenvalue weighted by molar-refractivity contribution is 7.94.